The molecule has 7 nitrogen and oxygen atoms in total. The highest BCUT2D eigenvalue weighted by Crippen LogP contribution is 2.12. The molecule has 0 saturated heterocycles. The molecule has 2 amide bonds. The van der Waals surface area contributed by atoms with Gasteiger partial charge in [-0.25, -0.2) is 4.79 Å². The van der Waals surface area contributed by atoms with Crippen molar-refractivity contribution in [3.05, 3.63) is 71.3 Å². The van der Waals surface area contributed by atoms with E-state index in [2.05, 4.69) is 5.32 Å². The van der Waals surface area contributed by atoms with Crippen LogP contribution in [0.3, 0.4) is 0 Å². The number of amidine groups is 1. The summed E-state index contributed by atoms with van der Waals surface area (Å²) >= 11 is 0. The van der Waals surface area contributed by atoms with Crippen molar-refractivity contribution in [1.82, 2.24) is 10.2 Å². The maximum absolute atomic E-state index is 11.6. The van der Waals surface area contributed by atoms with E-state index < -0.39 is 12.1 Å². The molecule has 0 unspecified atom stereocenters. The van der Waals surface area contributed by atoms with Crippen LogP contribution < -0.4 is 11.1 Å². The number of rotatable bonds is 6. The Morgan fingerprint density at radius 2 is 1.70 bits per heavy atom. The molecule has 144 valence electrons. The van der Waals surface area contributed by atoms with Gasteiger partial charge in [0.05, 0.1) is 12.6 Å². The third-order valence-corrected chi connectivity index (χ3v) is 3.79. The predicted molar refractivity (Wildman–Crippen MR) is 106 cm³/mol. The van der Waals surface area contributed by atoms with Gasteiger partial charge in [-0.05, 0) is 18.1 Å². The number of benzene rings is 2. The summed E-state index contributed by atoms with van der Waals surface area (Å²) in [5, 5.41) is 20.4. The minimum atomic E-state index is -1.19. The number of carbonyl (C=O) groups excluding carboxylic acids is 1. The number of carbonyl (C=O) groups is 2. The second-order valence-corrected chi connectivity index (χ2v) is 5.91. The van der Waals surface area contributed by atoms with Gasteiger partial charge in [-0.2, -0.15) is 0 Å². The molecule has 2 aromatic rings. The fourth-order valence-corrected chi connectivity index (χ4v) is 2.29. The average molecular weight is 391 g/mol. The number of nitrogens with zero attached hydrogens (tertiary/aromatic N) is 1. The van der Waals surface area contributed by atoms with Crippen LogP contribution in [0.1, 0.15) is 23.6 Å². The molecule has 0 saturated carbocycles. The third kappa shape index (κ3) is 6.40. The Morgan fingerprint density at radius 1 is 1.11 bits per heavy atom. The minimum absolute atomic E-state index is 0. The summed E-state index contributed by atoms with van der Waals surface area (Å²) in [5.74, 6) is -0.353. The van der Waals surface area contributed by atoms with Crippen molar-refractivity contribution in [2.24, 2.45) is 5.73 Å². The molecule has 0 aliphatic heterocycles. The molecular formula is C19H23ClN4O3. The molecule has 0 bridgehead atoms. The summed E-state index contributed by atoms with van der Waals surface area (Å²) in [6.45, 7) is 2.02. The van der Waals surface area contributed by atoms with Gasteiger partial charge in [-0.3, -0.25) is 15.1 Å². The summed E-state index contributed by atoms with van der Waals surface area (Å²) in [7, 11) is 0. The first-order valence-electron chi connectivity index (χ1n) is 8.14. The van der Waals surface area contributed by atoms with Gasteiger partial charge in [0.25, 0.3) is 0 Å². The van der Waals surface area contributed by atoms with E-state index in [0.717, 1.165) is 16.0 Å². The van der Waals surface area contributed by atoms with Crippen LogP contribution in [0, 0.1) is 5.41 Å². The minimum Gasteiger partial charge on any atom is -0.465 e. The zero-order valence-corrected chi connectivity index (χ0v) is 15.7. The Balaban J connectivity index is 0.00000364. The van der Waals surface area contributed by atoms with Gasteiger partial charge in [0.2, 0.25) is 5.91 Å². The van der Waals surface area contributed by atoms with Crippen LogP contribution in [-0.2, 0) is 17.9 Å². The van der Waals surface area contributed by atoms with Gasteiger partial charge in [0.1, 0.15) is 5.84 Å². The largest absolute Gasteiger partial charge is 0.465 e. The van der Waals surface area contributed by atoms with Gasteiger partial charge in [0, 0.05) is 12.1 Å². The van der Waals surface area contributed by atoms with E-state index in [9.17, 15) is 14.7 Å². The highest BCUT2D eigenvalue weighted by atomic mass is 35.5. The van der Waals surface area contributed by atoms with Gasteiger partial charge in [-0.1, -0.05) is 54.6 Å². The van der Waals surface area contributed by atoms with Crippen molar-refractivity contribution in [3.63, 3.8) is 0 Å². The zero-order chi connectivity index (χ0) is 19.1. The normalized spacial score (nSPS) is 11.0. The quantitative estimate of drug-likeness (QED) is 0.447. The SMILES string of the molecule is C[C@H](N)C(=O)NCc1ccc(C(=N)N(Cc2ccccc2)C(=O)O)cc1.Cl. The monoisotopic (exact) mass is 390 g/mol. The Kier molecular flexibility index (Phi) is 8.44. The molecular weight excluding hydrogens is 368 g/mol. The van der Waals surface area contributed by atoms with E-state index >= 15 is 0 Å². The predicted octanol–water partition coefficient (Wildman–Crippen LogP) is 2.58. The number of hydrogen-bond acceptors (Lipinski definition) is 4. The van der Waals surface area contributed by atoms with E-state index in [0.29, 0.717) is 12.1 Å². The maximum atomic E-state index is 11.6. The van der Waals surface area contributed by atoms with Crippen LogP contribution >= 0.6 is 12.4 Å². The summed E-state index contributed by atoms with van der Waals surface area (Å²) in [4.78, 5) is 24.0. The topological polar surface area (TPSA) is 120 Å². The molecule has 8 heteroatoms. The van der Waals surface area contributed by atoms with Gasteiger partial charge in [-0.15, -0.1) is 12.4 Å². The fraction of sp³-hybridized carbons (Fsp3) is 0.211. The van der Waals surface area contributed by atoms with Crippen LogP contribution in [0.25, 0.3) is 0 Å². The van der Waals surface area contributed by atoms with E-state index in [1.54, 1.807) is 31.2 Å². The lowest BCUT2D eigenvalue weighted by atomic mass is 10.1. The van der Waals surface area contributed by atoms with Crippen LogP contribution in [0.4, 0.5) is 4.79 Å². The Labute approximate surface area is 164 Å². The molecule has 0 aromatic heterocycles. The maximum Gasteiger partial charge on any atom is 0.413 e. The highest BCUT2D eigenvalue weighted by molar-refractivity contribution is 6.04. The molecule has 0 aliphatic carbocycles. The zero-order valence-electron chi connectivity index (χ0n) is 14.9. The molecule has 2 aromatic carbocycles. The van der Waals surface area contributed by atoms with Crippen molar-refractivity contribution in [2.75, 3.05) is 0 Å². The molecule has 0 heterocycles. The lowest BCUT2D eigenvalue weighted by molar-refractivity contribution is -0.122. The summed E-state index contributed by atoms with van der Waals surface area (Å²) in [6, 6.07) is 15.4. The van der Waals surface area contributed by atoms with Crippen LogP contribution in [0.5, 0.6) is 0 Å². The molecule has 0 spiro atoms. The number of nitrogens with one attached hydrogen (secondary N) is 2. The van der Waals surface area contributed by atoms with Crippen LogP contribution in [0.15, 0.2) is 54.6 Å². The lowest BCUT2D eigenvalue weighted by Crippen LogP contribution is -2.37. The standard InChI is InChI=1S/C19H22N4O3.ClH/c1-13(20)18(24)22-11-14-7-9-16(10-8-14)17(21)23(19(25)26)12-15-5-3-2-4-6-15;/h2-10,13,21H,11-12,20H2,1H3,(H,22,24)(H,25,26);1H/t13-;/m0./s1. The number of halogens is 1. The van der Waals surface area contributed by atoms with Crippen LogP contribution in [0.2, 0.25) is 0 Å². The van der Waals surface area contributed by atoms with Crippen LogP contribution in [-0.4, -0.2) is 33.9 Å². The van der Waals surface area contributed by atoms with Crippen molar-refractivity contribution < 1.29 is 14.7 Å². The van der Waals surface area contributed by atoms with E-state index in [-0.39, 0.29) is 30.7 Å². The average Bonchev–Trinajstić information content (AvgIpc) is 2.64. The number of hydrogen-bond donors (Lipinski definition) is 4. The number of nitrogens with two attached hydrogens (primary N) is 1. The van der Waals surface area contributed by atoms with E-state index in [1.807, 2.05) is 30.3 Å². The summed E-state index contributed by atoms with van der Waals surface area (Å²) in [5.41, 5.74) is 7.60. The molecule has 0 aliphatic rings. The molecule has 0 radical (unpaired) electrons. The second-order valence-electron chi connectivity index (χ2n) is 5.91. The fourth-order valence-electron chi connectivity index (χ4n) is 2.29. The molecule has 2 rings (SSSR count). The van der Waals surface area contributed by atoms with Crippen molar-refractivity contribution in [2.45, 2.75) is 26.1 Å². The first-order chi connectivity index (χ1) is 12.4. The van der Waals surface area contributed by atoms with Crippen molar-refractivity contribution in [3.8, 4) is 0 Å². The molecule has 27 heavy (non-hydrogen) atoms. The van der Waals surface area contributed by atoms with Gasteiger partial charge < -0.3 is 16.2 Å². The molecule has 1 atom stereocenters. The summed E-state index contributed by atoms with van der Waals surface area (Å²) < 4.78 is 0. The molecule has 0 fully saturated rings. The highest BCUT2D eigenvalue weighted by Gasteiger charge is 2.19. The molecule has 5 N–H and O–H groups in total. The van der Waals surface area contributed by atoms with Gasteiger partial charge >= 0.3 is 6.09 Å². The van der Waals surface area contributed by atoms with Crippen molar-refractivity contribution in [1.29, 1.82) is 5.41 Å². The smallest absolute Gasteiger partial charge is 0.413 e. The number of carboxylic acid groups (broad SMARTS) is 1. The second kappa shape index (κ2) is 10.3. The number of amides is 2. The first kappa shape index (κ1) is 22.1. The van der Waals surface area contributed by atoms with Crippen molar-refractivity contribution >= 4 is 30.2 Å². The third-order valence-electron chi connectivity index (χ3n) is 3.79. The Bertz CT molecular complexity index is 779. The van der Waals surface area contributed by atoms with E-state index in [1.165, 1.54) is 0 Å². The summed E-state index contributed by atoms with van der Waals surface area (Å²) in [6.07, 6.45) is -1.19. The van der Waals surface area contributed by atoms with E-state index in [4.69, 9.17) is 11.1 Å². The Morgan fingerprint density at radius 3 is 2.22 bits per heavy atom. The lowest BCUT2D eigenvalue weighted by Gasteiger charge is -2.20. The first-order valence-corrected chi connectivity index (χ1v) is 8.14. The Hall–Kier alpha value is -2.90. The van der Waals surface area contributed by atoms with Gasteiger partial charge in [0.15, 0.2) is 0 Å².